The molecule has 0 spiro atoms. The molecule has 0 unspecified atom stereocenters. The van der Waals surface area contributed by atoms with Crippen molar-refractivity contribution >= 4 is 23.2 Å². The number of nitrogens with one attached hydrogen (secondary N) is 2. The summed E-state index contributed by atoms with van der Waals surface area (Å²) in [6, 6.07) is 7.71. The highest BCUT2D eigenvalue weighted by Gasteiger charge is 2.13. The van der Waals surface area contributed by atoms with Crippen LogP contribution in [0, 0.1) is 0 Å². The van der Waals surface area contributed by atoms with Crippen molar-refractivity contribution < 1.29 is 9.53 Å². The van der Waals surface area contributed by atoms with Gasteiger partial charge in [0.15, 0.2) is 0 Å². The quantitative estimate of drug-likeness (QED) is 0.752. The zero-order valence-corrected chi connectivity index (χ0v) is 13.0. The summed E-state index contributed by atoms with van der Waals surface area (Å²) in [5, 5.41) is 13.5. The Bertz CT molecular complexity index is 827. The Morgan fingerprint density at radius 2 is 2.30 bits per heavy atom. The van der Waals surface area contributed by atoms with Gasteiger partial charge < -0.3 is 10.1 Å². The largest absolute Gasteiger partial charge is 0.497 e. The number of hydrogen-bond donors (Lipinski definition) is 2. The topological polar surface area (TPSA) is 84.8 Å². The first-order valence-corrected chi connectivity index (χ1v) is 7.19. The molecule has 1 amide bonds. The van der Waals surface area contributed by atoms with E-state index in [-0.39, 0.29) is 16.6 Å². The summed E-state index contributed by atoms with van der Waals surface area (Å²) in [7, 11) is 1.63. The number of halogens is 1. The van der Waals surface area contributed by atoms with E-state index >= 15 is 0 Å². The standard InChI is InChI=1S/C15H14ClN5O2/c1-23-12-4-2-3-10(5-12)8-21-9-11(6-18-21)19-15(22)14-13(16)7-17-20-14/h2-7,9H,8H2,1H3,(H,17,20)(H,19,22). The molecular formula is C15H14ClN5O2. The highest BCUT2D eigenvalue weighted by Crippen LogP contribution is 2.16. The van der Waals surface area contributed by atoms with Crippen LogP contribution in [0.1, 0.15) is 16.1 Å². The zero-order chi connectivity index (χ0) is 16.2. The molecule has 0 aliphatic rings. The minimum atomic E-state index is -0.367. The van der Waals surface area contributed by atoms with E-state index in [0.717, 1.165) is 11.3 Å². The summed E-state index contributed by atoms with van der Waals surface area (Å²) >= 11 is 5.85. The van der Waals surface area contributed by atoms with Gasteiger partial charge in [-0.15, -0.1) is 0 Å². The van der Waals surface area contributed by atoms with Gasteiger partial charge in [0, 0.05) is 6.20 Å². The number of anilines is 1. The SMILES string of the molecule is COc1cccc(Cn2cc(NC(=O)c3[nH]ncc3Cl)cn2)c1. The van der Waals surface area contributed by atoms with Crippen molar-refractivity contribution in [2.45, 2.75) is 6.54 Å². The van der Waals surface area contributed by atoms with E-state index < -0.39 is 0 Å². The maximum Gasteiger partial charge on any atom is 0.275 e. The molecule has 0 atom stereocenters. The summed E-state index contributed by atoms with van der Waals surface area (Å²) in [6.45, 7) is 0.567. The number of H-pyrrole nitrogens is 1. The number of amides is 1. The maximum absolute atomic E-state index is 12.0. The van der Waals surface area contributed by atoms with Gasteiger partial charge in [0.05, 0.1) is 36.8 Å². The monoisotopic (exact) mass is 331 g/mol. The van der Waals surface area contributed by atoms with E-state index in [1.54, 1.807) is 24.2 Å². The second-order valence-corrected chi connectivity index (χ2v) is 5.23. The number of nitrogens with zero attached hydrogens (tertiary/aromatic N) is 3. The molecule has 2 aromatic heterocycles. The molecule has 0 saturated carbocycles. The van der Waals surface area contributed by atoms with Gasteiger partial charge in [0.2, 0.25) is 0 Å². The number of carbonyl (C=O) groups is 1. The van der Waals surface area contributed by atoms with Gasteiger partial charge in [-0.3, -0.25) is 14.6 Å². The number of hydrogen-bond acceptors (Lipinski definition) is 4. The highest BCUT2D eigenvalue weighted by molar-refractivity contribution is 6.34. The van der Waals surface area contributed by atoms with E-state index in [1.165, 1.54) is 6.20 Å². The second kappa shape index (κ2) is 6.53. The Morgan fingerprint density at radius 3 is 3.04 bits per heavy atom. The molecule has 3 rings (SSSR count). The molecule has 1 aromatic carbocycles. The number of rotatable bonds is 5. The van der Waals surface area contributed by atoms with Crippen LogP contribution >= 0.6 is 11.6 Å². The predicted octanol–water partition coefficient (Wildman–Crippen LogP) is 2.57. The smallest absolute Gasteiger partial charge is 0.275 e. The minimum absolute atomic E-state index is 0.215. The molecule has 2 N–H and O–H groups in total. The van der Waals surface area contributed by atoms with Crippen molar-refractivity contribution in [2.75, 3.05) is 12.4 Å². The zero-order valence-electron chi connectivity index (χ0n) is 12.3. The van der Waals surface area contributed by atoms with E-state index in [1.807, 2.05) is 24.3 Å². The third-order valence-corrected chi connectivity index (χ3v) is 3.48. The summed E-state index contributed by atoms with van der Waals surface area (Å²) < 4.78 is 6.92. The summed E-state index contributed by atoms with van der Waals surface area (Å²) in [5.41, 5.74) is 1.83. The number of aromatic amines is 1. The molecule has 0 fully saturated rings. The Balaban J connectivity index is 1.68. The molecule has 2 heterocycles. The van der Waals surface area contributed by atoms with Crippen LogP contribution in [0.25, 0.3) is 0 Å². The Labute approximate surface area is 137 Å². The molecule has 0 saturated heterocycles. The summed E-state index contributed by atoms with van der Waals surface area (Å²) in [4.78, 5) is 12.0. The number of benzene rings is 1. The van der Waals surface area contributed by atoms with Crippen LogP contribution in [0.3, 0.4) is 0 Å². The van der Waals surface area contributed by atoms with Gasteiger partial charge >= 0.3 is 0 Å². The van der Waals surface area contributed by atoms with Crippen LogP contribution in [0.4, 0.5) is 5.69 Å². The van der Waals surface area contributed by atoms with Crippen LogP contribution in [0.15, 0.2) is 42.9 Å². The number of aromatic nitrogens is 4. The van der Waals surface area contributed by atoms with E-state index in [0.29, 0.717) is 12.2 Å². The van der Waals surface area contributed by atoms with E-state index in [9.17, 15) is 4.79 Å². The fourth-order valence-electron chi connectivity index (χ4n) is 2.10. The molecule has 0 aliphatic heterocycles. The van der Waals surface area contributed by atoms with Crippen molar-refractivity contribution in [3.63, 3.8) is 0 Å². The fourth-order valence-corrected chi connectivity index (χ4v) is 2.27. The van der Waals surface area contributed by atoms with Crippen LogP contribution in [0.2, 0.25) is 5.02 Å². The molecule has 0 radical (unpaired) electrons. The van der Waals surface area contributed by atoms with Crippen molar-refractivity contribution in [3.8, 4) is 5.75 Å². The predicted molar refractivity (Wildman–Crippen MR) is 85.9 cm³/mol. The van der Waals surface area contributed by atoms with Gasteiger partial charge in [-0.1, -0.05) is 23.7 Å². The van der Waals surface area contributed by atoms with Crippen LogP contribution in [-0.4, -0.2) is 33.0 Å². The van der Waals surface area contributed by atoms with E-state index in [2.05, 4.69) is 20.6 Å². The first kappa shape index (κ1) is 15.1. The van der Waals surface area contributed by atoms with Crippen molar-refractivity contribution in [1.82, 2.24) is 20.0 Å². The lowest BCUT2D eigenvalue weighted by Gasteiger charge is -2.04. The minimum Gasteiger partial charge on any atom is -0.497 e. The molecule has 8 heteroatoms. The molecule has 118 valence electrons. The average molecular weight is 332 g/mol. The Hall–Kier alpha value is -2.80. The molecule has 0 bridgehead atoms. The lowest BCUT2D eigenvalue weighted by atomic mass is 10.2. The summed E-state index contributed by atoms with van der Waals surface area (Å²) in [6.07, 6.45) is 4.69. The Kier molecular flexibility index (Phi) is 4.29. The first-order valence-electron chi connectivity index (χ1n) is 6.81. The van der Waals surface area contributed by atoms with Crippen LogP contribution < -0.4 is 10.1 Å². The second-order valence-electron chi connectivity index (χ2n) is 4.83. The van der Waals surface area contributed by atoms with Gasteiger partial charge in [0.25, 0.3) is 5.91 Å². The molecular weight excluding hydrogens is 318 g/mol. The van der Waals surface area contributed by atoms with Gasteiger partial charge in [-0.2, -0.15) is 10.2 Å². The normalized spacial score (nSPS) is 10.5. The lowest BCUT2D eigenvalue weighted by molar-refractivity contribution is 0.102. The summed E-state index contributed by atoms with van der Waals surface area (Å²) in [5.74, 6) is 0.422. The number of ether oxygens (including phenoxy) is 1. The van der Waals surface area contributed by atoms with Gasteiger partial charge in [-0.05, 0) is 17.7 Å². The van der Waals surface area contributed by atoms with Gasteiger partial charge in [0.1, 0.15) is 11.4 Å². The average Bonchev–Trinajstić information content (AvgIpc) is 3.16. The van der Waals surface area contributed by atoms with Crippen molar-refractivity contribution in [3.05, 3.63) is 59.1 Å². The van der Waals surface area contributed by atoms with Crippen LogP contribution in [0.5, 0.6) is 5.75 Å². The van der Waals surface area contributed by atoms with Crippen LogP contribution in [-0.2, 0) is 6.54 Å². The van der Waals surface area contributed by atoms with Gasteiger partial charge in [-0.25, -0.2) is 0 Å². The Morgan fingerprint density at radius 1 is 1.43 bits per heavy atom. The first-order chi connectivity index (χ1) is 11.2. The highest BCUT2D eigenvalue weighted by atomic mass is 35.5. The lowest BCUT2D eigenvalue weighted by Crippen LogP contribution is -2.12. The third-order valence-electron chi connectivity index (χ3n) is 3.19. The number of carbonyl (C=O) groups excluding carboxylic acids is 1. The fraction of sp³-hybridized carbons (Fsp3) is 0.133. The maximum atomic E-state index is 12.0. The van der Waals surface area contributed by atoms with E-state index in [4.69, 9.17) is 16.3 Å². The third kappa shape index (κ3) is 3.51. The molecule has 7 nitrogen and oxygen atoms in total. The van der Waals surface area contributed by atoms with Crippen molar-refractivity contribution in [1.29, 1.82) is 0 Å². The molecule has 3 aromatic rings. The molecule has 0 aliphatic carbocycles. The number of methoxy groups -OCH3 is 1. The molecule has 23 heavy (non-hydrogen) atoms. The van der Waals surface area contributed by atoms with Crippen molar-refractivity contribution in [2.24, 2.45) is 0 Å².